The maximum absolute atomic E-state index is 11.3. The number of fused-ring (bicyclic) bond motifs is 1. The molecular weight excluding hydrogens is 154 g/mol. The van der Waals surface area contributed by atoms with E-state index in [-0.39, 0.29) is 5.56 Å². The zero-order valence-electron chi connectivity index (χ0n) is 7.00. The van der Waals surface area contributed by atoms with Crippen molar-refractivity contribution < 1.29 is 4.52 Å². The van der Waals surface area contributed by atoms with Gasteiger partial charge in [-0.25, -0.2) is 0 Å². The van der Waals surface area contributed by atoms with Crippen LogP contribution in [0.15, 0.2) is 27.5 Å². The normalized spacial score (nSPS) is 10.8. The lowest BCUT2D eigenvalue weighted by Gasteiger charge is -1.87. The lowest BCUT2D eigenvalue weighted by atomic mass is 10.2. The Morgan fingerprint density at radius 2 is 2.17 bits per heavy atom. The minimum Gasteiger partial charge on any atom is -0.376 e. The minimum absolute atomic E-state index is 0.0753. The molecule has 0 spiro atoms. The Morgan fingerprint density at radius 1 is 1.42 bits per heavy atom. The molecule has 0 aliphatic heterocycles. The van der Waals surface area contributed by atoms with E-state index in [2.05, 4.69) is 0 Å². The van der Waals surface area contributed by atoms with Crippen LogP contribution in [0.5, 0.6) is 0 Å². The molecule has 62 valence electrons. The standard InChI is InChI=1S/C9H9NO2/c1-6-3-4-8-7(5-6)9(11)10(2)12-8/h3-5H,1-2H3. The number of aryl methyl sites for hydroxylation is 2. The molecule has 2 rings (SSSR count). The molecule has 0 saturated carbocycles. The van der Waals surface area contributed by atoms with Crippen LogP contribution in [0.3, 0.4) is 0 Å². The van der Waals surface area contributed by atoms with Crippen LogP contribution >= 0.6 is 0 Å². The van der Waals surface area contributed by atoms with E-state index in [1.54, 1.807) is 7.05 Å². The number of aromatic nitrogens is 1. The summed E-state index contributed by atoms with van der Waals surface area (Å²) in [5.74, 6) is 0. The van der Waals surface area contributed by atoms with Crippen LogP contribution in [0.25, 0.3) is 11.0 Å². The third-order valence-electron chi connectivity index (χ3n) is 1.89. The third kappa shape index (κ3) is 0.863. The van der Waals surface area contributed by atoms with Gasteiger partial charge in [0.15, 0.2) is 5.58 Å². The van der Waals surface area contributed by atoms with Crippen molar-refractivity contribution in [2.24, 2.45) is 7.05 Å². The molecule has 0 radical (unpaired) electrons. The lowest BCUT2D eigenvalue weighted by molar-refractivity contribution is 0.324. The third-order valence-corrected chi connectivity index (χ3v) is 1.89. The van der Waals surface area contributed by atoms with Gasteiger partial charge in [-0.2, -0.15) is 4.74 Å². The van der Waals surface area contributed by atoms with Gasteiger partial charge in [0, 0.05) is 7.05 Å². The van der Waals surface area contributed by atoms with Crippen LogP contribution in [-0.4, -0.2) is 4.74 Å². The van der Waals surface area contributed by atoms with Gasteiger partial charge in [0.05, 0.1) is 5.39 Å². The van der Waals surface area contributed by atoms with Crippen LogP contribution in [0.2, 0.25) is 0 Å². The van der Waals surface area contributed by atoms with Crippen LogP contribution in [-0.2, 0) is 7.05 Å². The van der Waals surface area contributed by atoms with Gasteiger partial charge in [0.1, 0.15) is 0 Å². The number of benzene rings is 1. The summed E-state index contributed by atoms with van der Waals surface area (Å²) in [5, 5.41) is 0.650. The Morgan fingerprint density at radius 3 is 2.92 bits per heavy atom. The van der Waals surface area contributed by atoms with E-state index < -0.39 is 0 Å². The molecule has 1 aromatic carbocycles. The predicted molar refractivity (Wildman–Crippen MR) is 46.2 cm³/mol. The van der Waals surface area contributed by atoms with Gasteiger partial charge in [-0.05, 0) is 19.1 Å². The van der Waals surface area contributed by atoms with Gasteiger partial charge in [0.2, 0.25) is 0 Å². The minimum atomic E-state index is -0.0753. The topological polar surface area (TPSA) is 35.1 Å². The van der Waals surface area contributed by atoms with Crippen LogP contribution < -0.4 is 5.56 Å². The molecule has 1 heterocycles. The zero-order chi connectivity index (χ0) is 8.72. The van der Waals surface area contributed by atoms with Crippen molar-refractivity contribution in [3.63, 3.8) is 0 Å². The van der Waals surface area contributed by atoms with E-state index in [0.29, 0.717) is 11.0 Å². The Kier molecular flexibility index (Phi) is 1.33. The van der Waals surface area contributed by atoms with Gasteiger partial charge in [-0.15, -0.1) is 0 Å². The Labute approximate surface area is 69.2 Å². The molecule has 0 amide bonds. The predicted octanol–water partition coefficient (Wildman–Crippen LogP) is 1.44. The fourth-order valence-electron chi connectivity index (χ4n) is 1.25. The Hall–Kier alpha value is -1.51. The summed E-state index contributed by atoms with van der Waals surface area (Å²) in [6, 6.07) is 5.57. The average Bonchev–Trinajstić information content (AvgIpc) is 2.31. The van der Waals surface area contributed by atoms with Crippen LogP contribution in [0, 0.1) is 6.92 Å². The first-order valence-electron chi connectivity index (χ1n) is 3.75. The molecule has 0 atom stereocenters. The molecule has 0 saturated heterocycles. The highest BCUT2D eigenvalue weighted by Gasteiger charge is 2.04. The summed E-state index contributed by atoms with van der Waals surface area (Å²) in [5.41, 5.74) is 1.64. The van der Waals surface area contributed by atoms with E-state index in [1.165, 1.54) is 4.74 Å². The molecule has 0 aliphatic rings. The second-order valence-electron chi connectivity index (χ2n) is 2.89. The number of hydrogen-bond acceptors (Lipinski definition) is 2. The van der Waals surface area contributed by atoms with Crippen LogP contribution in [0.4, 0.5) is 0 Å². The van der Waals surface area contributed by atoms with Gasteiger partial charge >= 0.3 is 0 Å². The van der Waals surface area contributed by atoms with Crippen molar-refractivity contribution in [1.82, 2.24) is 4.74 Å². The highest BCUT2D eigenvalue weighted by molar-refractivity contribution is 5.76. The zero-order valence-corrected chi connectivity index (χ0v) is 7.00. The first kappa shape index (κ1) is 7.16. The molecule has 3 heteroatoms. The van der Waals surface area contributed by atoms with Crippen molar-refractivity contribution in [2.75, 3.05) is 0 Å². The number of rotatable bonds is 0. The molecule has 2 aromatic rings. The molecule has 0 unspecified atom stereocenters. The molecule has 0 fully saturated rings. The SMILES string of the molecule is Cc1ccc2on(C)c(=O)c2c1. The maximum Gasteiger partial charge on any atom is 0.290 e. The molecular formula is C9H9NO2. The van der Waals surface area contributed by atoms with Crippen molar-refractivity contribution in [2.45, 2.75) is 6.92 Å². The van der Waals surface area contributed by atoms with E-state index in [1.807, 2.05) is 25.1 Å². The monoisotopic (exact) mass is 163 g/mol. The molecule has 0 N–H and O–H groups in total. The number of nitrogens with zero attached hydrogens (tertiary/aromatic N) is 1. The highest BCUT2D eigenvalue weighted by atomic mass is 16.5. The summed E-state index contributed by atoms with van der Waals surface area (Å²) in [6.45, 7) is 1.95. The summed E-state index contributed by atoms with van der Waals surface area (Å²) in [6.07, 6.45) is 0. The fraction of sp³-hybridized carbons (Fsp3) is 0.222. The summed E-state index contributed by atoms with van der Waals surface area (Å²) >= 11 is 0. The molecule has 3 nitrogen and oxygen atoms in total. The van der Waals surface area contributed by atoms with Crippen LogP contribution in [0.1, 0.15) is 5.56 Å². The second-order valence-corrected chi connectivity index (χ2v) is 2.89. The maximum atomic E-state index is 11.3. The van der Waals surface area contributed by atoms with E-state index >= 15 is 0 Å². The Balaban J connectivity index is 2.98. The van der Waals surface area contributed by atoms with E-state index in [0.717, 1.165) is 5.56 Å². The van der Waals surface area contributed by atoms with Crippen molar-refractivity contribution >= 4 is 11.0 Å². The highest BCUT2D eigenvalue weighted by Crippen LogP contribution is 2.11. The molecule has 12 heavy (non-hydrogen) atoms. The van der Waals surface area contributed by atoms with Crippen molar-refractivity contribution in [3.05, 3.63) is 34.1 Å². The fourth-order valence-corrected chi connectivity index (χ4v) is 1.25. The van der Waals surface area contributed by atoms with Gasteiger partial charge < -0.3 is 4.52 Å². The molecule has 0 bridgehead atoms. The largest absolute Gasteiger partial charge is 0.376 e. The van der Waals surface area contributed by atoms with Gasteiger partial charge in [-0.1, -0.05) is 11.6 Å². The molecule has 0 aliphatic carbocycles. The smallest absolute Gasteiger partial charge is 0.290 e. The molecule has 1 aromatic heterocycles. The summed E-state index contributed by atoms with van der Waals surface area (Å²) in [7, 11) is 1.61. The quantitative estimate of drug-likeness (QED) is 0.589. The van der Waals surface area contributed by atoms with Crippen molar-refractivity contribution in [1.29, 1.82) is 0 Å². The van der Waals surface area contributed by atoms with Crippen molar-refractivity contribution in [3.8, 4) is 0 Å². The lowest BCUT2D eigenvalue weighted by Crippen LogP contribution is -2.08. The Bertz CT molecular complexity index is 479. The average molecular weight is 163 g/mol. The van der Waals surface area contributed by atoms with E-state index in [4.69, 9.17) is 4.52 Å². The second kappa shape index (κ2) is 2.24. The van der Waals surface area contributed by atoms with E-state index in [9.17, 15) is 4.79 Å². The van der Waals surface area contributed by atoms with Gasteiger partial charge in [-0.3, -0.25) is 4.79 Å². The number of hydrogen-bond donors (Lipinski definition) is 0. The summed E-state index contributed by atoms with van der Waals surface area (Å²) in [4.78, 5) is 11.3. The summed E-state index contributed by atoms with van der Waals surface area (Å²) < 4.78 is 6.40. The van der Waals surface area contributed by atoms with Gasteiger partial charge in [0.25, 0.3) is 5.56 Å². The first-order valence-corrected chi connectivity index (χ1v) is 3.75. The first-order chi connectivity index (χ1) is 5.68.